The van der Waals surface area contributed by atoms with Crippen LogP contribution in [-0.4, -0.2) is 48.2 Å². The van der Waals surface area contributed by atoms with Crippen LogP contribution in [0.3, 0.4) is 0 Å². The molecule has 0 fully saturated rings. The zero-order chi connectivity index (χ0) is 18.2. The number of anilines is 2. The van der Waals surface area contributed by atoms with Crippen LogP contribution in [0, 0.1) is 0 Å². The van der Waals surface area contributed by atoms with Crippen LogP contribution in [0.1, 0.15) is 27.8 Å². The summed E-state index contributed by atoms with van der Waals surface area (Å²) in [7, 11) is 1.53. The van der Waals surface area contributed by atoms with Gasteiger partial charge in [-0.1, -0.05) is 6.07 Å². The lowest BCUT2D eigenvalue weighted by molar-refractivity contribution is -0.114. The molecule has 0 aliphatic rings. The van der Waals surface area contributed by atoms with Crippen molar-refractivity contribution in [2.24, 2.45) is 0 Å². The van der Waals surface area contributed by atoms with Crippen LogP contribution in [0.5, 0.6) is 0 Å². The van der Waals surface area contributed by atoms with Crippen LogP contribution in [0.4, 0.5) is 11.4 Å². The predicted octanol–water partition coefficient (Wildman–Crippen LogP) is 0.997. The predicted molar refractivity (Wildman–Crippen MR) is 91.5 cm³/mol. The van der Waals surface area contributed by atoms with Gasteiger partial charge in [-0.05, 0) is 18.2 Å². The number of carbonyl (C=O) groups is 3. The van der Waals surface area contributed by atoms with Crippen LogP contribution in [0.25, 0.3) is 0 Å². The Labute approximate surface area is 144 Å². The van der Waals surface area contributed by atoms with Gasteiger partial charge in [-0.2, -0.15) is 5.10 Å². The van der Waals surface area contributed by atoms with Crippen molar-refractivity contribution in [3.05, 3.63) is 41.7 Å². The molecule has 0 radical (unpaired) electrons. The molecule has 1 aromatic heterocycles. The SMILES string of the molecule is COCCNC(=O)c1n[nH]cc1NC(=O)c1cccc(NC(C)=O)c1. The average molecular weight is 345 g/mol. The first-order valence-electron chi connectivity index (χ1n) is 7.51. The van der Waals surface area contributed by atoms with Gasteiger partial charge in [-0.15, -0.1) is 0 Å². The summed E-state index contributed by atoms with van der Waals surface area (Å²) in [5, 5.41) is 14.2. The Kier molecular flexibility index (Phi) is 6.24. The van der Waals surface area contributed by atoms with Crippen molar-refractivity contribution in [3.63, 3.8) is 0 Å². The molecule has 0 spiro atoms. The minimum Gasteiger partial charge on any atom is -0.383 e. The lowest BCUT2D eigenvalue weighted by atomic mass is 10.2. The highest BCUT2D eigenvalue weighted by Crippen LogP contribution is 2.15. The monoisotopic (exact) mass is 345 g/mol. The molecule has 25 heavy (non-hydrogen) atoms. The van der Waals surface area contributed by atoms with E-state index in [4.69, 9.17) is 4.74 Å². The van der Waals surface area contributed by atoms with Crippen molar-refractivity contribution in [3.8, 4) is 0 Å². The van der Waals surface area contributed by atoms with Gasteiger partial charge in [0.05, 0.1) is 12.3 Å². The quantitative estimate of drug-likeness (QED) is 0.557. The van der Waals surface area contributed by atoms with E-state index < -0.39 is 11.8 Å². The molecule has 3 amide bonds. The summed E-state index contributed by atoms with van der Waals surface area (Å²) >= 11 is 0. The van der Waals surface area contributed by atoms with Gasteiger partial charge in [0.25, 0.3) is 11.8 Å². The third-order valence-electron chi connectivity index (χ3n) is 3.14. The third-order valence-corrected chi connectivity index (χ3v) is 3.14. The van der Waals surface area contributed by atoms with Crippen molar-refractivity contribution in [2.75, 3.05) is 30.9 Å². The van der Waals surface area contributed by atoms with Crippen molar-refractivity contribution < 1.29 is 19.1 Å². The van der Waals surface area contributed by atoms with Crippen LogP contribution in [0.2, 0.25) is 0 Å². The van der Waals surface area contributed by atoms with Crippen LogP contribution in [-0.2, 0) is 9.53 Å². The van der Waals surface area contributed by atoms with E-state index in [0.29, 0.717) is 24.4 Å². The topological polar surface area (TPSA) is 125 Å². The fourth-order valence-corrected chi connectivity index (χ4v) is 2.04. The molecule has 2 aromatic rings. The summed E-state index contributed by atoms with van der Waals surface area (Å²) in [6, 6.07) is 6.45. The second kappa shape index (κ2) is 8.60. The summed E-state index contributed by atoms with van der Waals surface area (Å²) in [6.07, 6.45) is 1.42. The molecule has 0 saturated heterocycles. The molecule has 2 rings (SSSR count). The molecule has 0 aliphatic heterocycles. The van der Waals surface area contributed by atoms with Crippen molar-refractivity contribution in [2.45, 2.75) is 6.92 Å². The Balaban J connectivity index is 2.07. The molecule has 9 nitrogen and oxygen atoms in total. The maximum absolute atomic E-state index is 12.4. The summed E-state index contributed by atoms with van der Waals surface area (Å²) in [5.41, 5.74) is 1.16. The number of ether oxygens (including phenoxy) is 1. The minimum absolute atomic E-state index is 0.0717. The van der Waals surface area contributed by atoms with Gasteiger partial charge in [0, 0.05) is 38.0 Å². The normalized spacial score (nSPS) is 10.2. The van der Waals surface area contributed by atoms with E-state index in [9.17, 15) is 14.4 Å². The summed E-state index contributed by atoms with van der Waals surface area (Å²) in [4.78, 5) is 35.5. The number of methoxy groups -OCH3 is 1. The van der Waals surface area contributed by atoms with Gasteiger partial charge < -0.3 is 20.7 Å². The van der Waals surface area contributed by atoms with E-state index in [0.717, 1.165) is 0 Å². The second-order valence-electron chi connectivity index (χ2n) is 5.11. The fourth-order valence-electron chi connectivity index (χ4n) is 2.04. The zero-order valence-electron chi connectivity index (χ0n) is 13.9. The summed E-state index contributed by atoms with van der Waals surface area (Å²) in [6.45, 7) is 2.08. The molecule has 0 saturated carbocycles. The Morgan fingerprint density at radius 1 is 1.20 bits per heavy atom. The first-order chi connectivity index (χ1) is 12.0. The number of amides is 3. The molecule has 0 unspecified atom stereocenters. The Morgan fingerprint density at radius 2 is 2.00 bits per heavy atom. The number of benzene rings is 1. The van der Waals surface area contributed by atoms with Crippen molar-refractivity contribution in [1.29, 1.82) is 0 Å². The number of aromatic nitrogens is 2. The molecule has 132 valence electrons. The van der Waals surface area contributed by atoms with Gasteiger partial charge in [0.2, 0.25) is 5.91 Å². The Morgan fingerprint density at radius 3 is 2.72 bits per heavy atom. The Bertz CT molecular complexity index is 771. The second-order valence-corrected chi connectivity index (χ2v) is 5.11. The summed E-state index contributed by atoms with van der Waals surface area (Å²) < 4.78 is 4.86. The van der Waals surface area contributed by atoms with Crippen molar-refractivity contribution >= 4 is 29.1 Å². The number of H-pyrrole nitrogens is 1. The van der Waals surface area contributed by atoms with E-state index in [2.05, 4.69) is 26.1 Å². The van der Waals surface area contributed by atoms with Crippen LogP contribution >= 0.6 is 0 Å². The van der Waals surface area contributed by atoms with E-state index in [1.807, 2.05) is 0 Å². The van der Waals surface area contributed by atoms with E-state index in [1.165, 1.54) is 26.3 Å². The van der Waals surface area contributed by atoms with Crippen LogP contribution in [0.15, 0.2) is 30.5 Å². The van der Waals surface area contributed by atoms with E-state index in [1.54, 1.807) is 18.2 Å². The van der Waals surface area contributed by atoms with Crippen LogP contribution < -0.4 is 16.0 Å². The molecule has 4 N–H and O–H groups in total. The van der Waals surface area contributed by atoms with E-state index in [-0.39, 0.29) is 17.3 Å². The van der Waals surface area contributed by atoms with Gasteiger partial charge >= 0.3 is 0 Å². The molecule has 0 aliphatic carbocycles. The number of hydrogen-bond acceptors (Lipinski definition) is 5. The molecule has 0 atom stereocenters. The Hall–Kier alpha value is -3.20. The number of nitrogens with one attached hydrogen (secondary N) is 4. The number of aromatic amines is 1. The highest BCUT2D eigenvalue weighted by Gasteiger charge is 2.17. The first-order valence-corrected chi connectivity index (χ1v) is 7.51. The van der Waals surface area contributed by atoms with Gasteiger partial charge in [0.1, 0.15) is 0 Å². The molecule has 1 heterocycles. The van der Waals surface area contributed by atoms with Crippen molar-refractivity contribution in [1.82, 2.24) is 15.5 Å². The molecular formula is C16H19N5O4. The first kappa shape index (κ1) is 18.1. The number of rotatable bonds is 7. The highest BCUT2D eigenvalue weighted by molar-refractivity contribution is 6.08. The maximum Gasteiger partial charge on any atom is 0.274 e. The minimum atomic E-state index is -0.431. The maximum atomic E-state index is 12.4. The third kappa shape index (κ3) is 5.15. The average Bonchev–Trinajstić information content (AvgIpc) is 3.03. The largest absolute Gasteiger partial charge is 0.383 e. The summed E-state index contributed by atoms with van der Waals surface area (Å²) in [5.74, 6) is -1.09. The molecule has 0 bridgehead atoms. The molecule has 1 aromatic carbocycles. The lowest BCUT2D eigenvalue weighted by Gasteiger charge is -2.08. The number of carbonyl (C=O) groups excluding carboxylic acids is 3. The standard InChI is InChI=1S/C16H19N5O4/c1-10(22)19-12-5-3-4-11(8-12)15(23)20-13-9-18-21-14(13)16(24)17-6-7-25-2/h3-5,8-9H,6-7H2,1-2H3,(H,17,24)(H,18,21)(H,19,22)(H,20,23). The fraction of sp³-hybridized carbons (Fsp3) is 0.250. The van der Waals surface area contributed by atoms with Gasteiger partial charge in [-0.3, -0.25) is 19.5 Å². The van der Waals surface area contributed by atoms with E-state index >= 15 is 0 Å². The smallest absolute Gasteiger partial charge is 0.274 e. The molecule has 9 heteroatoms. The van der Waals surface area contributed by atoms with Gasteiger partial charge in [0.15, 0.2) is 5.69 Å². The molecular weight excluding hydrogens is 326 g/mol. The van der Waals surface area contributed by atoms with Gasteiger partial charge in [-0.25, -0.2) is 0 Å². The number of hydrogen-bond donors (Lipinski definition) is 4. The number of nitrogens with zero attached hydrogens (tertiary/aromatic N) is 1. The highest BCUT2D eigenvalue weighted by atomic mass is 16.5. The lowest BCUT2D eigenvalue weighted by Crippen LogP contribution is -2.28. The zero-order valence-corrected chi connectivity index (χ0v) is 13.9.